The second-order valence-electron chi connectivity index (χ2n) is 4.28. The Labute approximate surface area is 122 Å². The predicted molar refractivity (Wildman–Crippen MR) is 70.1 cm³/mol. The molecular formula is C14H9ClF5N. The zero-order chi connectivity index (χ0) is 15.6. The van der Waals surface area contributed by atoms with Crippen LogP contribution >= 0.6 is 11.6 Å². The number of anilines is 1. The van der Waals surface area contributed by atoms with Gasteiger partial charge >= 0.3 is 6.18 Å². The van der Waals surface area contributed by atoms with Gasteiger partial charge in [-0.25, -0.2) is 8.78 Å². The molecule has 0 bridgehead atoms. The molecule has 0 aliphatic heterocycles. The van der Waals surface area contributed by atoms with Crippen LogP contribution in [-0.2, 0) is 12.7 Å². The van der Waals surface area contributed by atoms with Gasteiger partial charge in [-0.15, -0.1) is 0 Å². The highest BCUT2D eigenvalue weighted by molar-refractivity contribution is 6.31. The first-order valence-corrected chi connectivity index (χ1v) is 6.20. The van der Waals surface area contributed by atoms with Gasteiger partial charge in [0.1, 0.15) is 11.6 Å². The fourth-order valence-corrected chi connectivity index (χ4v) is 1.91. The molecule has 0 spiro atoms. The SMILES string of the molecule is Fc1ccc(Cl)c(CNc2ccc(F)c(C(F)(F)F)c2)c1. The van der Waals surface area contributed by atoms with Crippen LogP contribution in [0, 0.1) is 11.6 Å². The Balaban J connectivity index is 2.19. The molecule has 0 saturated carbocycles. The number of hydrogen-bond acceptors (Lipinski definition) is 1. The zero-order valence-electron chi connectivity index (χ0n) is 10.4. The first-order valence-electron chi connectivity index (χ1n) is 5.82. The van der Waals surface area contributed by atoms with E-state index in [9.17, 15) is 22.0 Å². The lowest BCUT2D eigenvalue weighted by atomic mass is 10.1. The topological polar surface area (TPSA) is 12.0 Å². The van der Waals surface area contributed by atoms with Gasteiger partial charge in [0.25, 0.3) is 0 Å². The van der Waals surface area contributed by atoms with Gasteiger partial charge in [-0.1, -0.05) is 11.6 Å². The van der Waals surface area contributed by atoms with Crippen LogP contribution in [0.3, 0.4) is 0 Å². The Kier molecular flexibility index (Phi) is 4.37. The van der Waals surface area contributed by atoms with Crippen molar-refractivity contribution < 1.29 is 22.0 Å². The van der Waals surface area contributed by atoms with Crippen molar-refractivity contribution in [1.82, 2.24) is 0 Å². The minimum absolute atomic E-state index is 0.0134. The van der Waals surface area contributed by atoms with Crippen molar-refractivity contribution in [1.29, 1.82) is 0 Å². The van der Waals surface area contributed by atoms with Crippen LogP contribution in [0.15, 0.2) is 36.4 Å². The van der Waals surface area contributed by atoms with E-state index in [4.69, 9.17) is 11.6 Å². The number of benzene rings is 2. The van der Waals surface area contributed by atoms with Crippen LogP contribution in [0.4, 0.5) is 27.6 Å². The molecule has 0 unspecified atom stereocenters. The molecule has 0 radical (unpaired) electrons. The van der Waals surface area contributed by atoms with E-state index in [0.29, 0.717) is 11.6 Å². The van der Waals surface area contributed by atoms with Crippen molar-refractivity contribution in [3.8, 4) is 0 Å². The predicted octanol–water partition coefficient (Wildman–Crippen LogP) is 5.25. The van der Waals surface area contributed by atoms with Crippen molar-refractivity contribution in [2.45, 2.75) is 12.7 Å². The molecule has 2 aromatic carbocycles. The van der Waals surface area contributed by atoms with E-state index in [1.54, 1.807) is 0 Å². The second-order valence-corrected chi connectivity index (χ2v) is 4.69. The summed E-state index contributed by atoms with van der Waals surface area (Å²) in [7, 11) is 0. The van der Waals surface area contributed by atoms with Gasteiger partial charge in [-0.05, 0) is 42.0 Å². The van der Waals surface area contributed by atoms with Gasteiger partial charge < -0.3 is 5.32 Å². The maximum atomic E-state index is 13.1. The molecule has 1 nitrogen and oxygen atoms in total. The number of nitrogens with one attached hydrogen (secondary N) is 1. The Morgan fingerprint density at radius 2 is 1.71 bits per heavy atom. The molecule has 112 valence electrons. The van der Waals surface area contributed by atoms with E-state index < -0.39 is 23.4 Å². The lowest BCUT2D eigenvalue weighted by Gasteiger charge is -2.12. The number of halogens is 6. The Hall–Kier alpha value is -1.82. The summed E-state index contributed by atoms with van der Waals surface area (Å²) in [4.78, 5) is 0. The fraction of sp³-hybridized carbons (Fsp3) is 0.143. The van der Waals surface area contributed by atoms with E-state index in [2.05, 4.69) is 5.32 Å². The van der Waals surface area contributed by atoms with Gasteiger partial charge in [0.15, 0.2) is 0 Å². The van der Waals surface area contributed by atoms with Gasteiger partial charge in [0, 0.05) is 17.3 Å². The molecule has 0 heterocycles. The summed E-state index contributed by atoms with van der Waals surface area (Å²) >= 11 is 5.84. The highest BCUT2D eigenvalue weighted by atomic mass is 35.5. The third-order valence-electron chi connectivity index (χ3n) is 2.76. The van der Waals surface area contributed by atoms with E-state index in [1.165, 1.54) is 18.2 Å². The minimum atomic E-state index is -4.78. The van der Waals surface area contributed by atoms with Crippen LogP contribution in [0.1, 0.15) is 11.1 Å². The maximum Gasteiger partial charge on any atom is 0.419 e. The molecule has 0 fully saturated rings. The summed E-state index contributed by atoms with van der Waals surface area (Å²) in [6.07, 6.45) is -4.78. The van der Waals surface area contributed by atoms with Crippen molar-refractivity contribution in [3.05, 3.63) is 64.2 Å². The Morgan fingerprint density at radius 1 is 1.00 bits per heavy atom. The van der Waals surface area contributed by atoms with E-state index in [0.717, 1.165) is 12.1 Å². The molecule has 0 amide bonds. The number of hydrogen-bond donors (Lipinski definition) is 1. The smallest absolute Gasteiger partial charge is 0.381 e. The fourth-order valence-electron chi connectivity index (χ4n) is 1.73. The highest BCUT2D eigenvalue weighted by Crippen LogP contribution is 2.33. The number of rotatable bonds is 3. The monoisotopic (exact) mass is 321 g/mol. The summed E-state index contributed by atoms with van der Waals surface area (Å²) in [6, 6.07) is 6.23. The lowest BCUT2D eigenvalue weighted by Crippen LogP contribution is -2.09. The molecular weight excluding hydrogens is 313 g/mol. The van der Waals surface area contributed by atoms with Crippen molar-refractivity contribution in [3.63, 3.8) is 0 Å². The van der Waals surface area contributed by atoms with Crippen molar-refractivity contribution in [2.24, 2.45) is 0 Å². The van der Waals surface area contributed by atoms with Gasteiger partial charge in [0.05, 0.1) is 5.56 Å². The van der Waals surface area contributed by atoms with Crippen molar-refractivity contribution >= 4 is 17.3 Å². The average Bonchev–Trinajstić information content (AvgIpc) is 2.40. The molecule has 0 saturated heterocycles. The highest BCUT2D eigenvalue weighted by Gasteiger charge is 2.34. The van der Waals surface area contributed by atoms with Gasteiger partial charge in [-0.2, -0.15) is 13.2 Å². The van der Waals surface area contributed by atoms with Crippen LogP contribution in [-0.4, -0.2) is 0 Å². The van der Waals surface area contributed by atoms with E-state index in [1.807, 2.05) is 0 Å². The molecule has 0 aliphatic carbocycles. The molecule has 0 aromatic heterocycles. The first kappa shape index (κ1) is 15.6. The summed E-state index contributed by atoms with van der Waals surface area (Å²) in [6.45, 7) is 0.0134. The van der Waals surface area contributed by atoms with Crippen molar-refractivity contribution in [2.75, 3.05) is 5.32 Å². The molecule has 2 rings (SSSR count). The number of alkyl halides is 3. The van der Waals surface area contributed by atoms with Crippen LogP contribution < -0.4 is 5.32 Å². The molecule has 2 aromatic rings. The molecule has 7 heteroatoms. The normalized spacial score (nSPS) is 11.5. The summed E-state index contributed by atoms with van der Waals surface area (Å²) in [5.41, 5.74) is -0.920. The summed E-state index contributed by atoms with van der Waals surface area (Å²) in [5, 5.41) is 2.93. The first-order chi connectivity index (χ1) is 9.77. The largest absolute Gasteiger partial charge is 0.419 e. The van der Waals surface area contributed by atoms with Gasteiger partial charge in [0.2, 0.25) is 0 Å². The molecule has 0 atom stereocenters. The van der Waals surface area contributed by atoms with E-state index in [-0.39, 0.29) is 17.3 Å². The Morgan fingerprint density at radius 3 is 2.38 bits per heavy atom. The standard InChI is InChI=1S/C14H9ClF5N/c15-12-3-1-9(16)5-8(12)7-21-10-2-4-13(17)11(6-10)14(18,19)20/h1-6,21H,7H2. The Bertz CT molecular complexity index is 654. The third kappa shape index (κ3) is 3.85. The zero-order valence-corrected chi connectivity index (χ0v) is 11.2. The summed E-state index contributed by atoms with van der Waals surface area (Å²) in [5.74, 6) is -1.86. The maximum absolute atomic E-state index is 13.1. The van der Waals surface area contributed by atoms with Gasteiger partial charge in [-0.3, -0.25) is 0 Å². The molecule has 1 N–H and O–H groups in total. The van der Waals surface area contributed by atoms with Crippen LogP contribution in [0.2, 0.25) is 5.02 Å². The van der Waals surface area contributed by atoms with Crippen LogP contribution in [0.5, 0.6) is 0 Å². The lowest BCUT2D eigenvalue weighted by molar-refractivity contribution is -0.139. The minimum Gasteiger partial charge on any atom is -0.381 e. The molecule has 0 aliphatic rings. The third-order valence-corrected chi connectivity index (χ3v) is 3.13. The van der Waals surface area contributed by atoms with E-state index >= 15 is 0 Å². The molecule has 21 heavy (non-hydrogen) atoms. The second kappa shape index (κ2) is 5.89. The summed E-state index contributed by atoms with van der Waals surface area (Å²) < 4.78 is 63.9. The average molecular weight is 322 g/mol. The van der Waals surface area contributed by atoms with Crippen LogP contribution in [0.25, 0.3) is 0 Å². The quantitative estimate of drug-likeness (QED) is 0.761.